The third-order valence-electron chi connectivity index (χ3n) is 4.51. The fourth-order valence-electron chi connectivity index (χ4n) is 3.02. The SMILES string of the molecule is Cc1ccc2oc(-c3ccccc3Cl)c(OC(=O)COc3ccc(Cl)cc3)c(=O)c2c1. The number of carbonyl (C=O) groups excluding carboxylic acids is 1. The van der Waals surface area contributed by atoms with E-state index < -0.39 is 18.0 Å². The fraction of sp³-hybridized carbons (Fsp3) is 0.0833. The Morgan fingerprint density at radius 1 is 1.00 bits per heavy atom. The molecule has 0 unspecified atom stereocenters. The highest BCUT2D eigenvalue weighted by atomic mass is 35.5. The molecule has 3 aromatic carbocycles. The van der Waals surface area contributed by atoms with Gasteiger partial charge in [-0.3, -0.25) is 4.79 Å². The molecule has 0 bridgehead atoms. The highest BCUT2D eigenvalue weighted by Crippen LogP contribution is 2.35. The normalized spacial score (nSPS) is 10.8. The van der Waals surface area contributed by atoms with Crippen molar-refractivity contribution in [3.63, 3.8) is 0 Å². The van der Waals surface area contributed by atoms with Crippen molar-refractivity contribution in [3.8, 4) is 22.8 Å². The predicted octanol–water partition coefficient (Wildman–Crippen LogP) is 6.06. The lowest BCUT2D eigenvalue weighted by Gasteiger charge is -2.12. The molecule has 0 saturated heterocycles. The van der Waals surface area contributed by atoms with E-state index in [0.717, 1.165) is 5.56 Å². The summed E-state index contributed by atoms with van der Waals surface area (Å²) in [6.45, 7) is 1.45. The summed E-state index contributed by atoms with van der Waals surface area (Å²) >= 11 is 12.2. The Labute approximate surface area is 187 Å². The average Bonchev–Trinajstić information content (AvgIpc) is 2.76. The summed E-state index contributed by atoms with van der Waals surface area (Å²) in [6, 6.07) is 18.6. The van der Waals surface area contributed by atoms with Crippen LogP contribution in [0.2, 0.25) is 10.0 Å². The number of fused-ring (bicyclic) bond motifs is 1. The third kappa shape index (κ3) is 4.58. The molecule has 1 aromatic heterocycles. The van der Waals surface area contributed by atoms with Crippen LogP contribution in [-0.2, 0) is 4.79 Å². The number of hydrogen-bond acceptors (Lipinski definition) is 5. The second kappa shape index (κ2) is 8.84. The van der Waals surface area contributed by atoms with Crippen LogP contribution in [0.4, 0.5) is 0 Å². The minimum Gasteiger partial charge on any atom is -0.482 e. The van der Waals surface area contributed by atoms with Crippen molar-refractivity contribution in [1.29, 1.82) is 0 Å². The van der Waals surface area contributed by atoms with E-state index in [9.17, 15) is 9.59 Å². The lowest BCUT2D eigenvalue weighted by atomic mass is 10.1. The second-order valence-corrected chi connectivity index (χ2v) is 7.63. The van der Waals surface area contributed by atoms with Crippen LogP contribution in [0.15, 0.2) is 75.9 Å². The molecule has 5 nitrogen and oxygen atoms in total. The van der Waals surface area contributed by atoms with Crippen LogP contribution in [0.3, 0.4) is 0 Å². The number of hydrogen-bond donors (Lipinski definition) is 0. The van der Waals surface area contributed by atoms with Gasteiger partial charge in [-0.25, -0.2) is 4.79 Å². The molecule has 4 rings (SSSR count). The maximum absolute atomic E-state index is 13.2. The Morgan fingerprint density at radius 3 is 2.48 bits per heavy atom. The van der Waals surface area contributed by atoms with Crippen molar-refractivity contribution in [2.45, 2.75) is 6.92 Å². The Bertz CT molecular complexity index is 1330. The minimum atomic E-state index is -0.762. The van der Waals surface area contributed by atoms with Gasteiger partial charge in [0.05, 0.1) is 10.4 Å². The van der Waals surface area contributed by atoms with Gasteiger partial charge in [-0.15, -0.1) is 0 Å². The maximum Gasteiger partial charge on any atom is 0.349 e. The van der Waals surface area contributed by atoms with Gasteiger partial charge in [-0.1, -0.05) is 47.0 Å². The quantitative estimate of drug-likeness (QED) is 0.343. The highest BCUT2D eigenvalue weighted by molar-refractivity contribution is 6.33. The number of esters is 1. The summed E-state index contributed by atoms with van der Waals surface area (Å²) in [6.07, 6.45) is 0. The van der Waals surface area contributed by atoms with Gasteiger partial charge in [-0.2, -0.15) is 0 Å². The van der Waals surface area contributed by atoms with E-state index in [4.69, 9.17) is 37.1 Å². The number of carbonyl (C=O) groups is 1. The molecule has 0 aliphatic rings. The molecule has 4 aromatic rings. The van der Waals surface area contributed by atoms with Crippen molar-refractivity contribution < 1.29 is 18.7 Å². The van der Waals surface area contributed by atoms with E-state index in [1.807, 2.05) is 13.0 Å². The standard InChI is InChI=1S/C24H16Cl2O5/c1-14-6-11-20-18(12-14)22(28)24(23(30-20)17-4-2-3-5-19(17)26)31-21(27)13-29-16-9-7-15(25)8-10-16/h2-12H,13H2,1H3. The number of rotatable bonds is 5. The van der Waals surface area contributed by atoms with Crippen molar-refractivity contribution >= 4 is 40.1 Å². The first-order chi connectivity index (χ1) is 14.9. The smallest absolute Gasteiger partial charge is 0.349 e. The van der Waals surface area contributed by atoms with Crippen LogP contribution >= 0.6 is 23.2 Å². The van der Waals surface area contributed by atoms with Crippen LogP contribution in [0.5, 0.6) is 11.5 Å². The second-order valence-electron chi connectivity index (χ2n) is 6.79. The van der Waals surface area contributed by atoms with E-state index in [1.165, 1.54) is 0 Å². The molecular formula is C24H16Cl2O5. The van der Waals surface area contributed by atoms with Crippen LogP contribution in [0.1, 0.15) is 5.56 Å². The van der Waals surface area contributed by atoms with Gasteiger partial charge < -0.3 is 13.9 Å². The maximum atomic E-state index is 13.2. The Kier molecular flexibility index (Phi) is 5.98. The monoisotopic (exact) mass is 454 g/mol. The van der Waals surface area contributed by atoms with Gasteiger partial charge in [-0.05, 0) is 55.5 Å². The zero-order chi connectivity index (χ0) is 22.0. The van der Waals surface area contributed by atoms with Gasteiger partial charge in [0.2, 0.25) is 11.2 Å². The number of benzene rings is 3. The molecule has 0 atom stereocenters. The van der Waals surface area contributed by atoms with Gasteiger partial charge in [0, 0.05) is 10.6 Å². The first-order valence-electron chi connectivity index (χ1n) is 9.34. The average molecular weight is 455 g/mol. The molecular weight excluding hydrogens is 439 g/mol. The van der Waals surface area contributed by atoms with E-state index >= 15 is 0 Å². The molecule has 0 N–H and O–H groups in total. The third-order valence-corrected chi connectivity index (χ3v) is 5.09. The summed E-state index contributed by atoms with van der Waals surface area (Å²) in [4.78, 5) is 25.7. The van der Waals surface area contributed by atoms with E-state index in [2.05, 4.69) is 0 Å². The summed E-state index contributed by atoms with van der Waals surface area (Å²) in [7, 11) is 0. The molecule has 0 amide bonds. The van der Waals surface area contributed by atoms with Gasteiger partial charge >= 0.3 is 5.97 Å². The largest absolute Gasteiger partial charge is 0.482 e. The van der Waals surface area contributed by atoms with E-state index in [0.29, 0.717) is 32.3 Å². The molecule has 0 fully saturated rings. The molecule has 0 radical (unpaired) electrons. The molecule has 1 heterocycles. The summed E-state index contributed by atoms with van der Waals surface area (Å²) in [5.74, 6) is -0.487. The van der Waals surface area contributed by atoms with Gasteiger partial charge in [0.1, 0.15) is 11.3 Å². The van der Waals surface area contributed by atoms with Crippen LogP contribution in [-0.4, -0.2) is 12.6 Å². The summed E-state index contributed by atoms with van der Waals surface area (Å²) < 4.78 is 16.8. The highest BCUT2D eigenvalue weighted by Gasteiger charge is 2.22. The number of ether oxygens (including phenoxy) is 2. The number of aryl methyl sites for hydroxylation is 1. The minimum absolute atomic E-state index is 0.0757. The Hall–Kier alpha value is -3.28. The van der Waals surface area contributed by atoms with Crippen molar-refractivity contribution in [2.24, 2.45) is 0 Å². The predicted molar refractivity (Wildman–Crippen MR) is 120 cm³/mol. The van der Waals surface area contributed by atoms with Crippen molar-refractivity contribution in [3.05, 3.63) is 92.6 Å². The lowest BCUT2D eigenvalue weighted by molar-refractivity contribution is -0.136. The molecule has 0 aliphatic carbocycles. The van der Waals surface area contributed by atoms with Gasteiger partial charge in [0.25, 0.3) is 0 Å². The zero-order valence-corrected chi connectivity index (χ0v) is 17.9. The Balaban J connectivity index is 1.72. The summed E-state index contributed by atoms with van der Waals surface area (Å²) in [5.41, 5.74) is 1.20. The molecule has 31 heavy (non-hydrogen) atoms. The van der Waals surface area contributed by atoms with Gasteiger partial charge in [0.15, 0.2) is 12.4 Å². The molecule has 0 spiro atoms. The molecule has 7 heteroatoms. The van der Waals surface area contributed by atoms with Crippen molar-refractivity contribution in [2.75, 3.05) is 6.61 Å². The molecule has 156 valence electrons. The fourth-order valence-corrected chi connectivity index (χ4v) is 3.37. The molecule has 0 saturated carbocycles. The Morgan fingerprint density at radius 2 is 1.74 bits per heavy atom. The van der Waals surface area contributed by atoms with Crippen molar-refractivity contribution in [1.82, 2.24) is 0 Å². The topological polar surface area (TPSA) is 65.7 Å². The molecule has 0 aliphatic heterocycles. The first kappa shape index (κ1) is 21.0. The number of halogens is 2. The van der Waals surface area contributed by atoms with E-state index in [1.54, 1.807) is 60.7 Å². The zero-order valence-electron chi connectivity index (χ0n) is 16.4. The summed E-state index contributed by atoms with van der Waals surface area (Å²) in [5, 5.41) is 1.20. The first-order valence-corrected chi connectivity index (χ1v) is 10.1. The van der Waals surface area contributed by atoms with Crippen LogP contribution < -0.4 is 14.9 Å². The van der Waals surface area contributed by atoms with E-state index in [-0.39, 0.29) is 11.5 Å². The van der Waals surface area contributed by atoms with Crippen LogP contribution in [0, 0.1) is 6.92 Å². The van der Waals surface area contributed by atoms with Crippen LogP contribution in [0.25, 0.3) is 22.3 Å². The lowest BCUT2D eigenvalue weighted by Crippen LogP contribution is -2.21.